The molecule has 0 aromatic heterocycles. The lowest BCUT2D eigenvalue weighted by molar-refractivity contribution is -0.119. The van der Waals surface area contributed by atoms with E-state index < -0.39 is 22.5 Å². The normalized spacial score (nSPS) is 14.8. The zero-order valence-electron chi connectivity index (χ0n) is 17.8. The summed E-state index contributed by atoms with van der Waals surface area (Å²) < 4.78 is 33.5. The summed E-state index contributed by atoms with van der Waals surface area (Å²) in [5, 5.41) is 3.30. The van der Waals surface area contributed by atoms with Gasteiger partial charge in [-0.3, -0.25) is 9.10 Å². The van der Waals surface area contributed by atoms with Crippen LogP contribution >= 0.6 is 23.2 Å². The number of ether oxygens (including phenoxy) is 1. The standard InChI is InChI=1S/C23H28Cl2N2O4S/c24-18-12-13-22(21(25)16-18)27(32(29,30)20-10-5-2-6-11-20)17-23(28)26-14-7-15-31-19-8-3-1-4-9-19/h2,5-6,10-13,16,19H,1,3-4,7-9,14-15,17H2,(H,26,28). The Morgan fingerprint density at radius 2 is 1.78 bits per heavy atom. The number of carbonyl (C=O) groups excluding carboxylic acids is 1. The summed E-state index contributed by atoms with van der Waals surface area (Å²) in [6.07, 6.45) is 6.87. The summed E-state index contributed by atoms with van der Waals surface area (Å²) in [6.45, 7) is 0.571. The summed E-state index contributed by atoms with van der Waals surface area (Å²) in [4.78, 5) is 12.7. The Labute approximate surface area is 199 Å². The third-order valence-corrected chi connectivity index (χ3v) is 7.66. The minimum atomic E-state index is -4.01. The number of sulfonamides is 1. The van der Waals surface area contributed by atoms with Crippen LogP contribution in [0, 0.1) is 0 Å². The third-order valence-electron chi connectivity index (χ3n) is 5.35. The van der Waals surface area contributed by atoms with E-state index in [4.69, 9.17) is 27.9 Å². The van der Waals surface area contributed by atoms with Crippen LogP contribution in [0.1, 0.15) is 38.5 Å². The largest absolute Gasteiger partial charge is 0.378 e. The second kappa shape index (κ2) is 11.9. The molecule has 3 rings (SSSR count). The van der Waals surface area contributed by atoms with Crippen molar-refractivity contribution in [1.82, 2.24) is 5.32 Å². The van der Waals surface area contributed by atoms with Gasteiger partial charge >= 0.3 is 0 Å². The highest BCUT2D eigenvalue weighted by molar-refractivity contribution is 7.92. The van der Waals surface area contributed by atoms with Gasteiger partial charge in [0.1, 0.15) is 6.54 Å². The van der Waals surface area contributed by atoms with Gasteiger partial charge in [-0.15, -0.1) is 0 Å². The smallest absolute Gasteiger partial charge is 0.264 e. The van der Waals surface area contributed by atoms with Gasteiger partial charge in [-0.2, -0.15) is 0 Å². The molecule has 174 valence electrons. The van der Waals surface area contributed by atoms with E-state index in [2.05, 4.69) is 5.32 Å². The topological polar surface area (TPSA) is 75.7 Å². The van der Waals surface area contributed by atoms with E-state index in [1.54, 1.807) is 18.2 Å². The number of nitrogens with one attached hydrogen (secondary N) is 1. The van der Waals surface area contributed by atoms with Crippen LogP contribution in [0.4, 0.5) is 5.69 Å². The van der Waals surface area contributed by atoms with Crippen LogP contribution in [-0.2, 0) is 19.6 Å². The molecule has 0 saturated heterocycles. The molecule has 1 saturated carbocycles. The molecule has 1 aliphatic carbocycles. The summed E-state index contributed by atoms with van der Waals surface area (Å²) in [6, 6.07) is 12.4. The van der Waals surface area contributed by atoms with E-state index in [0.717, 1.165) is 17.1 Å². The Morgan fingerprint density at radius 3 is 2.47 bits per heavy atom. The highest BCUT2D eigenvalue weighted by Gasteiger charge is 2.28. The lowest BCUT2D eigenvalue weighted by atomic mass is 9.98. The number of anilines is 1. The second-order valence-corrected chi connectivity index (χ2v) is 10.5. The maximum atomic E-state index is 13.3. The summed E-state index contributed by atoms with van der Waals surface area (Å²) in [5.74, 6) is -0.423. The molecule has 0 heterocycles. The average molecular weight is 499 g/mol. The SMILES string of the molecule is O=C(CN(c1ccc(Cl)cc1Cl)S(=O)(=O)c1ccccc1)NCCCOC1CCCCC1. The number of hydrogen-bond donors (Lipinski definition) is 1. The number of nitrogens with zero attached hydrogens (tertiary/aromatic N) is 1. The van der Waals surface area contributed by atoms with Crippen molar-refractivity contribution in [3.05, 3.63) is 58.6 Å². The molecule has 6 nitrogen and oxygen atoms in total. The van der Waals surface area contributed by atoms with Gasteiger partial charge in [0.25, 0.3) is 10.0 Å². The van der Waals surface area contributed by atoms with E-state index in [0.29, 0.717) is 30.7 Å². The van der Waals surface area contributed by atoms with Gasteiger partial charge < -0.3 is 10.1 Å². The number of benzene rings is 2. The van der Waals surface area contributed by atoms with Crippen molar-refractivity contribution >= 4 is 44.8 Å². The van der Waals surface area contributed by atoms with Crippen molar-refractivity contribution in [1.29, 1.82) is 0 Å². The van der Waals surface area contributed by atoms with E-state index in [9.17, 15) is 13.2 Å². The Morgan fingerprint density at radius 1 is 1.06 bits per heavy atom. The molecule has 2 aromatic rings. The molecule has 0 atom stereocenters. The first-order valence-electron chi connectivity index (χ1n) is 10.8. The van der Waals surface area contributed by atoms with Gasteiger partial charge in [-0.05, 0) is 49.6 Å². The van der Waals surface area contributed by atoms with Gasteiger partial charge in [0.15, 0.2) is 0 Å². The lowest BCUT2D eigenvalue weighted by Crippen LogP contribution is -2.41. The van der Waals surface area contributed by atoms with E-state index in [1.165, 1.54) is 49.6 Å². The van der Waals surface area contributed by atoms with Crippen molar-refractivity contribution < 1.29 is 17.9 Å². The number of amides is 1. The number of hydrogen-bond acceptors (Lipinski definition) is 4. The average Bonchev–Trinajstić information content (AvgIpc) is 2.79. The van der Waals surface area contributed by atoms with Gasteiger partial charge in [-0.25, -0.2) is 8.42 Å². The maximum absolute atomic E-state index is 13.3. The first kappa shape index (κ1) is 24.8. The molecule has 1 amide bonds. The van der Waals surface area contributed by atoms with Crippen molar-refractivity contribution in [2.24, 2.45) is 0 Å². The van der Waals surface area contributed by atoms with Crippen molar-refractivity contribution in [3.63, 3.8) is 0 Å². The second-order valence-electron chi connectivity index (χ2n) is 7.75. The summed E-state index contributed by atoms with van der Waals surface area (Å²) in [5.41, 5.74) is 0.190. The van der Waals surface area contributed by atoms with Gasteiger partial charge in [0.2, 0.25) is 5.91 Å². The molecule has 9 heteroatoms. The Kier molecular flexibility index (Phi) is 9.22. The molecule has 32 heavy (non-hydrogen) atoms. The fraction of sp³-hybridized carbons (Fsp3) is 0.435. The molecule has 0 spiro atoms. The van der Waals surface area contributed by atoms with Crippen LogP contribution in [0.2, 0.25) is 10.0 Å². The monoisotopic (exact) mass is 498 g/mol. The number of rotatable bonds is 10. The van der Waals surface area contributed by atoms with E-state index in [1.807, 2.05) is 0 Å². The Bertz CT molecular complexity index is 996. The van der Waals surface area contributed by atoms with Crippen LogP contribution < -0.4 is 9.62 Å². The van der Waals surface area contributed by atoms with Crippen LogP contribution in [0.15, 0.2) is 53.4 Å². The zero-order chi connectivity index (χ0) is 23.0. The Balaban J connectivity index is 1.64. The fourth-order valence-electron chi connectivity index (χ4n) is 3.67. The molecule has 1 N–H and O–H groups in total. The van der Waals surface area contributed by atoms with Crippen LogP contribution in [-0.4, -0.2) is 40.1 Å². The first-order valence-corrected chi connectivity index (χ1v) is 13.0. The molecule has 0 aliphatic heterocycles. The maximum Gasteiger partial charge on any atom is 0.264 e. The van der Waals surface area contributed by atoms with Crippen LogP contribution in [0.25, 0.3) is 0 Å². The van der Waals surface area contributed by atoms with E-state index in [-0.39, 0.29) is 15.6 Å². The quantitative estimate of drug-likeness (QED) is 0.465. The minimum Gasteiger partial charge on any atom is -0.378 e. The predicted molar refractivity (Wildman–Crippen MR) is 128 cm³/mol. The van der Waals surface area contributed by atoms with Gasteiger partial charge in [0.05, 0.1) is 21.7 Å². The molecule has 0 radical (unpaired) electrons. The third kappa shape index (κ3) is 6.85. The molecule has 0 unspecified atom stereocenters. The lowest BCUT2D eigenvalue weighted by Gasteiger charge is -2.25. The number of halogens is 2. The molecular formula is C23H28Cl2N2O4S. The first-order chi connectivity index (χ1) is 15.4. The highest BCUT2D eigenvalue weighted by atomic mass is 35.5. The minimum absolute atomic E-state index is 0.0692. The van der Waals surface area contributed by atoms with Crippen molar-refractivity contribution in [2.45, 2.75) is 49.5 Å². The molecule has 0 bridgehead atoms. The molecule has 1 aliphatic rings. The van der Waals surface area contributed by atoms with Gasteiger partial charge in [-0.1, -0.05) is 60.7 Å². The van der Waals surface area contributed by atoms with E-state index >= 15 is 0 Å². The molecule has 2 aromatic carbocycles. The van der Waals surface area contributed by atoms with Crippen LogP contribution in [0.5, 0.6) is 0 Å². The van der Waals surface area contributed by atoms with Crippen molar-refractivity contribution in [3.8, 4) is 0 Å². The molecular weight excluding hydrogens is 471 g/mol. The Hall–Kier alpha value is -1.80. The summed E-state index contributed by atoms with van der Waals surface area (Å²) in [7, 11) is -4.01. The van der Waals surface area contributed by atoms with Gasteiger partial charge in [0, 0.05) is 18.2 Å². The van der Waals surface area contributed by atoms with Crippen LogP contribution in [0.3, 0.4) is 0 Å². The summed E-state index contributed by atoms with van der Waals surface area (Å²) >= 11 is 12.3. The molecule has 1 fully saturated rings. The predicted octanol–water partition coefficient (Wildman–Crippen LogP) is 5.04. The zero-order valence-corrected chi connectivity index (χ0v) is 20.1. The number of carbonyl (C=O) groups is 1. The van der Waals surface area contributed by atoms with Crippen molar-refractivity contribution in [2.75, 3.05) is 24.0 Å². The fourth-order valence-corrected chi connectivity index (χ4v) is 5.69. The highest BCUT2D eigenvalue weighted by Crippen LogP contribution is 2.32.